The Labute approximate surface area is 177 Å². The van der Waals surface area contributed by atoms with E-state index in [4.69, 9.17) is 4.74 Å². The maximum absolute atomic E-state index is 13.1. The summed E-state index contributed by atoms with van der Waals surface area (Å²) < 4.78 is 44.2. The number of ether oxygens (including phenoxy) is 1. The monoisotopic (exact) mass is 432 g/mol. The Bertz CT molecular complexity index is 663. The van der Waals surface area contributed by atoms with Gasteiger partial charge in [-0.15, -0.1) is 0 Å². The highest BCUT2D eigenvalue weighted by molar-refractivity contribution is 5.70. The van der Waals surface area contributed by atoms with Crippen molar-refractivity contribution in [1.29, 1.82) is 0 Å². The standard InChI is InChI=1S/C22H35F3N2O3/c1-7-18(14-20(28)30-9-3)26(6)15-16(4)27(8-2)19-12-10-17(11-13-19)21(5,29)22(23,24)25/h10-13,16,18,29H,7-9,14-15H2,1-6H3. The molecule has 0 aliphatic rings. The van der Waals surface area contributed by atoms with Crippen LogP contribution in [-0.4, -0.2) is 61.0 Å². The van der Waals surface area contributed by atoms with Crippen LogP contribution in [0.1, 0.15) is 53.0 Å². The van der Waals surface area contributed by atoms with Crippen molar-refractivity contribution in [1.82, 2.24) is 4.90 Å². The number of benzene rings is 1. The van der Waals surface area contributed by atoms with Gasteiger partial charge >= 0.3 is 12.1 Å². The Morgan fingerprint density at radius 3 is 2.17 bits per heavy atom. The van der Waals surface area contributed by atoms with Gasteiger partial charge in [0.1, 0.15) is 0 Å². The van der Waals surface area contributed by atoms with Crippen molar-refractivity contribution in [3.8, 4) is 0 Å². The van der Waals surface area contributed by atoms with E-state index in [1.807, 2.05) is 27.8 Å². The molecule has 0 bridgehead atoms. The molecule has 0 aliphatic heterocycles. The van der Waals surface area contributed by atoms with Gasteiger partial charge < -0.3 is 19.6 Å². The highest BCUT2D eigenvalue weighted by atomic mass is 19.4. The molecule has 5 nitrogen and oxygen atoms in total. The van der Waals surface area contributed by atoms with Gasteiger partial charge in [-0.25, -0.2) is 0 Å². The Hall–Kier alpha value is -1.80. The molecule has 1 rings (SSSR count). The number of anilines is 1. The van der Waals surface area contributed by atoms with Crippen LogP contribution >= 0.6 is 0 Å². The van der Waals surface area contributed by atoms with Crippen molar-refractivity contribution in [2.45, 2.75) is 71.3 Å². The van der Waals surface area contributed by atoms with Crippen LogP contribution in [0.4, 0.5) is 18.9 Å². The van der Waals surface area contributed by atoms with Crippen LogP contribution in [-0.2, 0) is 15.1 Å². The van der Waals surface area contributed by atoms with E-state index in [1.54, 1.807) is 19.1 Å². The first-order valence-electron chi connectivity index (χ1n) is 10.4. The lowest BCUT2D eigenvalue weighted by Crippen LogP contribution is -2.45. The predicted molar refractivity (Wildman–Crippen MR) is 113 cm³/mol. The van der Waals surface area contributed by atoms with Gasteiger partial charge in [0.15, 0.2) is 5.60 Å². The van der Waals surface area contributed by atoms with E-state index >= 15 is 0 Å². The summed E-state index contributed by atoms with van der Waals surface area (Å²) in [5.74, 6) is -0.219. The molecule has 3 atom stereocenters. The normalized spacial score (nSPS) is 16.1. The second-order valence-electron chi connectivity index (χ2n) is 7.76. The zero-order valence-electron chi connectivity index (χ0n) is 18.8. The number of rotatable bonds is 11. The van der Waals surface area contributed by atoms with Crippen LogP contribution in [0, 0.1) is 0 Å². The van der Waals surface area contributed by atoms with Crippen LogP contribution in [0.15, 0.2) is 24.3 Å². The average Bonchev–Trinajstić information content (AvgIpc) is 2.66. The van der Waals surface area contributed by atoms with E-state index in [0.29, 0.717) is 26.1 Å². The number of carbonyl (C=O) groups excluding carboxylic acids is 1. The third-order valence-electron chi connectivity index (χ3n) is 5.54. The van der Waals surface area contributed by atoms with Gasteiger partial charge in [-0.3, -0.25) is 4.79 Å². The zero-order chi connectivity index (χ0) is 23.1. The maximum atomic E-state index is 13.1. The minimum atomic E-state index is -4.75. The highest BCUT2D eigenvalue weighted by Crippen LogP contribution is 2.39. The van der Waals surface area contributed by atoms with Gasteiger partial charge in [0.2, 0.25) is 0 Å². The van der Waals surface area contributed by atoms with E-state index < -0.39 is 11.8 Å². The van der Waals surface area contributed by atoms with Gasteiger partial charge in [0.05, 0.1) is 13.0 Å². The smallest absolute Gasteiger partial charge is 0.421 e. The molecule has 0 radical (unpaired) electrons. The molecule has 30 heavy (non-hydrogen) atoms. The number of hydrogen-bond donors (Lipinski definition) is 1. The van der Waals surface area contributed by atoms with E-state index in [-0.39, 0.29) is 23.6 Å². The molecule has 0 saturated carbocycles. The molecule has 0 saturated heterocycles. The number of aliphatic hydroxyl groups is 1. The van der Waals surface area contributed by atoms with E-state index in [9.17, 15) is 23.1 Å². The Morgan fingerprint density at radius 1 is 1.17 bits per heavy atom. The summed E-state index contributed by atoms with van der Waals surface area (Å²) in [6.45, 7) is 10.3. The molecule has 1 N–H and O–H groups in total. The molecular weight excluding hydrogens is 397 g/mol. The first-order valence-corrected chi connectivity index (χ1v) is 10.4. The summed E-state index contributed by atoms with van der Waals surface area (Å²) in [5, 5.41) is 9.85. The molecule has 8 heteroatoms. The number of carbonyl (C=O) groups is 1. The maximum Gasteiger partial charge on any atom is 0.421 e. The first kappa shape index (κ1) is 26.2. The number of hydrogen-bond acceptors (Lipinski definition) is 5. The lowest BCUT2D eigenvalue weighted by atomic mass is 9.95. The summed E-state index contributed by atoms with van der Waals surface area (Å²) in [6, 6.07) is 5.95. The van der Waals surface area contributed by atoms with Gasteiger partial charge in [-0.2, -0.15) is 13.2 Å². The molecule has 172 valence electrons. The summed E-state index contributed by atoms with van der Waals surface area (Å²) in [7, 11) is 1.96. The molecule has 1 aromatic carbocycles. The fraction of sp³-hybridized carbons (Fsp3) is 0.682. The van der Waals surface area contributed by atoms with Crippen LogP contribution < -0.4 is 4.90 Å². The van der Waals surface area contributed by atoms with Crippen molar-refractivity contribution in [3.05, 3.63) is 29.8 Å². The predicted octanol–water partition coefficient (Wildman–Crippen LogP) is 4.33. The number of nitrogens with zero attached hydrogens (tertiary/aromatic N) is 2. The Balaban J connectivity index is 2.89. The molecule has 3 unspecified atom stereocenters. The summed E-state index contributed by atoms with van der Waals surface area (Å²) >= 11 is 0. The topological polar surface area (TPSA) is 53.0 Å². The van der Waals surface area contributed by atoms with E-state index in [0.717, 1.165) is 19.0 Å². The molecule has 0 aromatic heterocycles. The Kier molecular flexibility index (Phi) is 9.62. The fourth-order valence-corrected chi connectivity index (χ4v) is 3.58. The van der Waals surface area contributed by atoms with Gasteiger partial charge in [-0.05, 0) is 58.9 Å². The van der Waals surface area contributed by atoms with Crippen molar-refractivity contribution >= 4 is 11.7 Å². The number of halogens is 3. The largest absolute Gasteiger partial charge is 0.466 e. The molecule has 0 heterocycles. The second kappa shape index (κ2) is 11.0. The fourth-order valence-electron chi connectivity index (χ4n) is 3.58. The summed E-state index contributed by atoms with van der Waals surface area (Å²) in [4.78, 5) is 16.0. The second-order valence-corrected chi connectivity index (χ2v) is 7.76. The van der Waals surface area contributed by atoms with E-state index in [2.05, 4.69) is 9.80 Å². The minimum absolute atomic E-state index is 0.0504. The molecule has 0 aliphatic carbocycles. The van der Waals surface area contributed by atoms with Gasteiger partial charge in [0.25, 0.3) is 0 Å². The third kappa shape index (κ3) is 6.60. The highest BCUT2D eigenvalue weighted by Gasteiger charge is 2.51. The number of likely N-dealkylation sites (N-methyl/N-ethyl adjacent to an activating group) is 2. The third-order valence-corrected chi connectivity index (χ3v) is 5.54. The van der Waals surface area contributed by atoms with Crippen molar-refractivity contribution in [2.75, 3.05) is 31.6 Å². The molecule has 0 fully saturated rings. The molecule has 0 spiro atoms. The van der Waals surface area contributed by atoms with Crippen LogP contribution in [0.25, 0.3) is 0 Å². The molecule has 1 aromatic rings. The van der Waals surface area contributed by atoms with Crippen molar-refractivity contribution < 1.29 is 27.8 Å². The average molecular weight is 433 g/mol. The van der Waals surface area contributed by atoms with Crippen molar-refractivity contribution in [2.24, 2.45) is 0 Å². The van der Waals surface area contributed by atoms with Crippen molar-refractivity contribution in [3.63, 3.8) is 0 Å². The number of esters is 1. The molecular formula is C22H35F3N2O3. The van der Waals surface area contributed by atoms with Gasteiger partial charge in [-0.1, -0.05) is 19.1 Å². The van der Waals surface area contributed by atoms with E-state index in [1.165, 1.54) is 12.1 Å². The number of alkyl halides is 3. The van der Waals surface area contributed by atoms with Crippen LogP contribution in [0.2, 0.25) is 0 Å². The summed E-state index contributed by atoms with van der Waals surface area (Å²) in [5.41, 5.74) is -2.31. The minimum Gasteiger partial charge on any atom is -0.466 e. The quantitative estimate of drug-likeness (QED) is 0.528. The molecule has 0 amide bonds. The van der Waals surface area contributed by atoms with Gasteiger partial charge in [0, 0.05) is 30.9 Å². The van der Waals surface area contributed by atoms with Crippen LogP contribution in [0.5, 0.6) is 0 Å². The lowest BCUT2D eigenvalue weighted by molar-refractivity contribution is -0.258. The lowest BCUT2D eigenvalue weighted by Gasteiger charge is -2.36. The van der Waals surface area contributed by atoms with Crippen LogP contribution in [0.3, 0.4) is 0 Å². The first-order chi connectivity index (χ1) is 13.9. The summed E-state index contributed by atoms with van der Waals surface area (Å²) in [6.07, 6.45) is -3.63. The SMILES string of the molecule is CCOC(=O)CC(CC)N(C)CC(C)N(CC)c1ccc(C(C)(O)C(F)(F)F)cc1. The zero-order valence-corrected chi connectivity index (χ0v) is 18.8. The Morgan fingerprint density at radius 2 is 1.73 bits per heavy atom.